The lowest BCUT2D eigenvalue weighted by atomic mass is 9.84. The second kappa shape index (κ2) is 5.35. The summed E-state index contributed by atoms with van der Waals surface area (Å²) in [6.07, 6.45) is 1.88. The molecule has 1 rings (SSSR count). The van der Waals surface area contributed by atoms with Crippen LogP contribution in [0.2, 0.25) is 0 Å². The number of ether oxygens (including phenoxy) is 1. The van der Waals surface area contributed by atoms with Crippen molar-refractivity contribution in [1.29, 1.82) is 0 Å². The van der Waals surface area contributed by atoms with Gasteiger partial charge in [0, 0.05) is 11.1 Å². The van der Waals surface area contributed by atoms with Crippen molar-refractivity contribution in [3.8, 4) is 5.75 Å². The number of hydrogen-bond acceptors (Lipinski definition) is 2. The van der Waals surface area contributed by atoms with E-state index in [0.29, 0.717) is 6.61 Å². The van der Waals surface area contributed by atoms with E-state index in [-0.39, 0.29) is 5.41 Å². The molecule has 0 aliphatic carbocycles. The molecule has 0 unspecified atom stereocenters. The number of benzene rings is 1. The maximum atomic E-state index is 10.9. The molecule has 0 spiro atoms. The number of aldehydes is 1. The fraction of sp³-hybridized carbons (Fsp3) is 0.533. The van der Waals surface area contributed by atoms with E-state index in [2.05, 4.69) is 27.7 Å². The number of carbonyl (C=O) groups is 1. The van der Waals surface area contributed by atoms with Gasteiger partial charge in [0.1, 0.15) is 12.0 Å². The molecule has 0 saturated heterocycles. The van der Waals surface area contributed by atoms with Gasteiger partial charge < -0.3 is 4.74 Å². The Morgan fingerprint density at radius 3 is 2.41 bits per heavy atom. The minimum atomic E-state index is -0.0210. The minimum absolute atomic E-state index is 0.0210. The van der Waals surface area contributed by atoms with Gasteiger partial charge in [0.15, 0.2) is 0 Å². The van der Waals surface area contributed by atoms with Crippen LogP contribution in [0.3, 0.4) is 0 Å². The van der Waals surface area contributed by atoms with E-state index in [1.54, 1.807) is 0 Å². The summed E-state index contributed by atoms with van der Waals surface area (Å²) >= 11 is 0. The standard InChI is InChI=1S/C15H22O2/c1-6-7-17-14-11(2)8-12(10-16)9-13(14)15(3,4)5/h8-10H,6-7H2,1-5H3. The predicted molar refractivity (Wildman–Crippen MR) is 71.1 cm³/mol. The van der Waals surface area contributed by atoms with Crippen LogP contribution >= 0.6 is 0 Å². The van der Waals surface area contributed by atoms with E-state index in [9.17, 15) is 4.79 Å². The van der Waals surface area contributed by atoms with Gasteiger partial charge >= 0.3 is 0 Å². The van der Waals surface area contributed by atoms with Crippen molar-refractivity contribution < 1.29 is 9.53 Å². The number of carbonyl (C=O) groups excluding carboxylic acids is 1. The topological polar surface area (TPSA) is 26.3 Å². The van der Waals surface area contributed by atoms with Gasteiger partial charge in [-0.05, 0) is 36.5 Å². The lowest BCUT2D eigenvalue weighted by molar-refractivity contribution is 0.112. The van der Waals surface area contributed by atoms with Crippen LogP contribution in [-0.4, -0.2) is 12.9 Å². The fourth-order valence-electron chi connectivity index (χ4n) is 1.82. The van der Waals surface area contributed by atoms with E-state index >= 15 is 0 Å². The Morgan fingerprint density at radius 1 is 1.29 bits per heavy atom. The molecule has 17 heavy (non-hydrogen) atoms. The Kier molecular flexibility index (Phi) is 4.33. The molecular formula is C15H22O2. The molecule has 94 valence electrons. The Balaban J connectivity index is 3.29. The fourth-order valence-corrected chi connectivity index (χ4v) is 1.82. The van der Waals surface area contributed by atoms with Crippen LogP contribution in [0, 0.1) is 6.92 Å². The van der Waals surface area contributed by atoms with Gasteiger partial charge in [-0.2, -0.15) is 0 Å². The molecule has 2 nitrogen and oxygen atoms in total. The first-order valence-electron chi connectivity index (χ1n) is 6.13. The van der Waals surface area contributed by atoms with E-state index < -0.39 is 0 Å². The summed E-state index contributed by atoms with van der Waals surface area (Å²) in [5, 5.41) is 0. The molecule has 0 saturated carbocycles. The molecule has 0 N–H and O–H groups in total. The highest BCUT2D eigenvalue weighted by Gasteiger charge is 2.21. The zero-order valence-electron chi connectivity index (χ0n) is 11.5. The number of aryl methyl sites for hydroxylation is 1. The normalized spacial score (nSPS) is 11.4. The Labute approximate surface area is 104 Å². The molecule has 0 aliphatic heterocycles. The summed E-state index contributed by atoms with van der Waals surface area (Å²) in [5.74, 6) is 0.935. The van der Waals surface area contributed by atoms with E-state index in [4.69, 9.17) is 4.74 Å². The van der Waals surface area contributed by atoms with Crippen LogP contribution in [0.25, 0.3) is 0 Å². The van der Waals surface area contributed by atoms with Crippen molar-refractivity contribution >= 4 is 6.29 Å². The molecule has 1 aromatic rings. The number of hydrogen-bond donors (Lipinski definition) is 0. The van der Waals surface area contributed by atoms with Crippen LogP contribution < -0.4 is 4.74 Å². The zero-order chi connectivity index (χ0) is 13.1. The number of rotatable bonds is 4. The second-order valence-electron chi connectivity index (χ2n) is 5.43. The first-order valence-corrected chi connectivity index (χ1v) is 6.13. The lowest BCUT2D eigenvalue weighted by Crippen LogP contribution is -2.15. The highest BCUT2D eigenvalue weighted by atomic mass is 16.5. The van der Waals surface area contributed by atoms with Crippen molar-refractivity contribution in [3.05, 3.63) is 28.8 Å². The van der Waals surface area contributed by atoms with Crippen LogP contribution in [0.15, 0.2) is 12.1 Å². The van der Waals surface area contributed by atoms with Crippen LogP contribution in [-0.2, 0) is 5.41 Å². The molecule has 0 heterocycles. The summed E-state index contributed by atoms with van der Waals surface area (Å²) in [4.78, 5) is 10.9. The van der Waals surface area contributed by atoms with Crippen LogP contribution in [0.1, 0.15) is 55.6 Å². The van der Waals surface area contributed by atoms with Crippen LogP contribution in [0.4, 0.5) is 0 Å². The molecule has 0 aromatic heterocycles. The highest BCUT2D eigenvalue weighted by Crippen LogP contribution is 2.34. The minimum Gasteiger partial charge on any atom is -0.493 e. The van der Waals surface area contributed by atoms with Crippen molar-refractivity contribution in [2.24, 2.45) is 0 Å². The van der Waals surface area contributed by atoms with Crippen LogP contribution in [0.5, 0.6) is 5.75 Å². The average molecular weight is 234 g/mol. The first-order chi connectivity index (χ1) is 7.90. The summed E-state index contributed by atoms with van der Waals surface area (Å²) in [6.45, 7) is 11.2. The maximum Gasteiger partial charge on any atom is 0.150 e. The van der Waals surface area contributed by atoms with Gasteiger partial charge in [0.2, 0.25) is 0 Å². The van der Waals surface area contributed by atoms with E-state index in [1.165, 1.54) is 0 Å². The molecule has 0 atom stereocenters. The smallest absolute Gasteiger partial charge is 0.150 e. The maximum absolute atomic E-state index is 10.9. The predicted octanol–water partition coefficient (Wildman–Crippen LogP) is 3.89. The zero-order valence-corrected chi connectivity index (χ0v) is 11.5. The van der Waals surface area contributed by atoms with Gasteiger partial charge in [0.25, 0.3) is 0 Å². The Morgan fingerprint density at radius 2 is 1.94 bits per heavy atom. The molecule has 0 aliphatic rings. The SMILES string of the molecule is CCCOc1c(C)cc(C=O)cc1C(C)(C)C. The molecular weight excluding hydrogens is 212 g/mol. The largest absolute Gasteiger partial charge is 0.493 e. The quantitative estimate of drug-likeness (QED) is 0.739. The molecule has 1 aromatic carbocycles. The molecule has 0 radical (unpaired) electrons. The Hall–Kier alpha value is -1.31. The lowest BCUT2D eigenvalue weighted by Gasteiger charge is -2.24. The van der Waals surface area contributed by atoms with Gasteiger partial charge in [-0.3, -0.25) is 4.79 Å². The molecule has 0 fully saturated rings. The van der Waals surface area contributed by atoms with Crippen molar-refractivity contribution in [1.82, 2.24) is 0 Å². The third kappa shape index (κ3) is 3.32. The third-order valence-corrected chi connectivity index (χ3v) is 2.69. The monoisotopic (exact) mass is 234 g/mol. The molecule has 2 heteroatoms. The summed E-state index contributed by atoms with van der Waals surface area (Å²) < 4.78 is 5.83. The Bertz CT molecular complexity index is 400. The van der Waals surface area contributed by atoms with Gasteiger partial charge in [-0.15, -0.1) is 0 Å². The molecule has 0 amide bonds. The summed E-state index contributed by atoms with van der Waals surface area (Å²) in [7, 11) is 0. The van der Waals surface area contributed by atoms with Gasteiger partial charge in [-0.1, -0.05) is 27.7 Å². The van der Waals surface area contributed by atoms with Crippen molar-refractivity contribution in [2.45, 2.75) is 46.5 Å². The average Bonchev–Trinajstić information content (AvgIpc) is 2.25. The molecule has 0 bridgehead atoms. The summed E-state index contributed by atoms with van der Waals surface area (Å²) in [5.41, 5.74) is 2.84. The van der Waals surface area contributed by atoms with E-state index in [0.717, 1.165) is 35.1 Å². The van der Waals surface area contributed by atoms with E-state index in [1.807, 2.05) is 19.1 Å². The van der Waals surface area contributed by atoms with Crippen molar-refractivity contribution in [2.75, 3.05) is 6.61 Å². The second-order valence-corrected chi connectivity index (χ2v) is 5.43. The summed E-state index contributed by atoms with van der Waals surface area (Å²) in [6, 6.07) is 3.82. The van der Waals surface area contributed by atoms with Gasteiger partial charge in [0.05, 0.1) is 6.61 Å². The first kappa shape index (κ1) is 13.8. The van der Waals surface area contributed by atoms with Gasteiger partial charge in [-0.25, -0.2) is 0 Å². The highest BCUT2D eigenvalue weighted by molar-refractivity contribution is 5.76. The van der Waals surface area contributed by atoms with Crippen molar-refractivity contribution in [3.63, 3.8) is 0 Å². The third-order valence-electron chi connectivity index (χ3n) is 2.69.